The molecule has 4 heterocycles. The minimum atomic E-state index is 0.131. The first-order valence-corrected chi connectivity index (χ1v) is 6.94. The molecular weight excluding hydrogens is 252 g/mol. The van der Waals surface area contributed by atoms with E-state index < -0.39 is 0 Å². The van der Waals surface area contributed by atoms with Crippen molar-refractivity contribution in [2.45, 2.75) is 18.5 Å². The van der Waals surface area contributed by atoms with Crippen molar-refractivity contribution >= 4 is 16.9 Å². The summed E-state index contributed by atoms with van der Waals surface area (Å²) in [5, 5.41) is 0. The second-order valence-electron chi connectivity index (χ2n) is 5.74. The minimum absolute atomic E-state index is 0.131. The predicted octanol–water partition coefficient (Wildman–Crippen LogP) is 1.16. The van der Waals surface area contributed by atoms with Crippen LogP contribution in [0.3, 0.4) is 0 Å². The van der Waals surface area contributed by atoms with Gasteiger partial charge in [-0.3, -0.25) is 14.8 Å². The topological polar surface area (TPSA) is 49.3 Å². The molecule has 3 fully saturated rings. The lowest BCUT2D eigenvalue weighted by atomic mass is 9.87. The number of piperazine rings is 1. The van der Waals surface area contributed by atoms with Gasteiger partial charge in [-0.1, -0.05) is 0 Å². The third-order valence-corrected chi connectivity index (χ3v) is 4.33. The highest BCUT2D eigenvalue weighted by molar-refractivity contribution is 5.98. The highest BCUT2D eigenvalue weighted by Gasteiger charge is 2.46. The third-order valence-electron chi connectivity index (χ3n) is 4.33. The average molecular weight is 268 g/mol. The van der Waals surface area contributed by atoms with Crippen molar-refractivity contribution in [2.24, 2.45) is 0 Å². The number of carbonyl (C=O) groups is 1. The molecule has 5 nitrogen and oxygen atoms in total. The van der Waals surface area contributed by atoms with Gasteiger partial charge in [0.05, 0.1) is 11.0 Å². The van der Waals surface area contributed by atoms with Crippen molar-refractivity contribution in [3.05, 3.63) is 36.2 Å². The van der Waals surface area contributed by atoms with Gasteiger partial charge in [0.2, 0.25) is 0 Å². The summed E-state index contributed by atoms with van der Waals surface area (Å²) in [5.74, 6) is 0.131. The van der Waals surface area contributed by atoms with E-state index >= 15 is 0 Å². The Kier molecular flexibility index (Phi) is 2.50. The van der Waals surface area contributed by atoms with Crippen LogP contribution < -0.4 is 0 Å². The maximum Gasteiger partial charge on any atom is 0.254 e. The van der Waals surface area contributed by atoms with Crippen LogP contribution in [0.25, 0.3) is 11.0 Å². The quantitative estimate of drug-likeness (QED) is 0.778. The standard InChI is InChI=1S/C15H16N4O/c1-18-8-11-7-12(9-18)19(11)15(20)10-2-3-13-14(6-10)17-5-4-16-13/h2-6,11-12H,7-9H2,1H3. The van der Waals surface area contributed by atoms with Crippen molar-refractivity contribution in [3.63, 3.8) is 0 Å². The normalized spacial score (nSPS) is 25.6. The van der Waals surface area contributed by atoms with Gasteiger partial charge in [0.25, 0.3) is 5.91 Å². The number of hydrogen-bond acceptors (Lipinski definition) is 4. The summed E-state index contributed by atoms with van der Waals surface area (Å²) < 4.78 is 0. The van der Waals surface area contributed by atoms with Crippen LogP contribution in [0.1, 0.15) is 16.8 Å². The van der Waals surface area contributed by atoms with Crippen LogP contribution in [0.4, 0.5) is 0 Å². The zero-order valence-corrected chi connectivity index (χ0v) is 11.4. The summed E-state index contributed by atoms with van der Waals surface area (Å²) in [5.41, 5.74) is 2.32. The second kappa shape index (κ2) is 4.24. The number of rotatable bonds is 1. The van der Waals surface area contributed by atoms with Crippen LogP contribution >= 0.6 is 0 Å². The zero-order chi connectivity index (χ0) is 13.7. The van der Waals surface area contributed by atoms with E-state index in [1.165, 1.54) is 0 Å². The Morgan fingerprint density at radius 3 is 2.60 bits per heavy atom. The number of likely N-dealkylation sites (N-methyl/N-ethyl adjacent to an activating group) is 1. The van der Waals surface area contributed by atoms with Gasteiger partial charge >= 0.3 is 0 Å². The van der Waals surface area contributed by atoms with Gasteiger partial charge in [-0.25, -0.2) is 0 Å². The summed E-state index contributed by atoms with van der Waals surface area (Å²) in [6.07, 6.45) is 4.47. The van der Waals surface area contributed by atoms with Gasteiger partial charge < -0.3 is 9.80 Å². The Bertz CT molecular complexity index is 674. The third kappa shape index (κ3) is 1.70. The molecule has 2 bridgehead atoms. The van der Waals surface area contributed by atoms with Crippen LogP contribution in [0.5, 0.6) is 0 Å². The molecule has 0 saturated carbocycles. The van der Waals surface area contributed by atoms with E-state index in [0.717, 1.165) is 36.1 Å². The fourth-order valence-electron chi connectivity index (χ4n) is 3.40. The smallest absolute Gasteiger partial charge is 0.254 e. The van der Waals surface area contributed by atoms with Gasteiger partial charge in [-0.15, -0.1) is 0 Å². The molecule has 0 spiro atoms. The molecule has 0 radical (unpaired) electrons. The number of aromatic nitrogens is 2. The first-order valence-electron chi connectivity index (χ1n) is 6.94. The molecule has 2 unspecified atom stereocenters. The summed E-state index contributed by atoms with van der Waals surface area (Å²) in [4.78, 5) is 25.5. The number of fused-ring (bicyclic) bond motifs is 3. The number of benzene rings is 1. The number of hydrogen-bond donors (Lipinski definition) is 0. The van der Waals surface area contributed by atoms with E-state index in [-0.39, 0.29) is 5.91 Å². The lowest BCUT2D eigenvalue weighted by Gasteiger charge is -2.55. The Hall–Kier alpha value is -2.01. The molecule has 2 aromatic rings. The van der Waals surface area contributed by atoms with Crippen molar-refractivity contribution in [2.75, 3.05) is 20.1 Å². The van der Waals surface area contributed by atoms with Gasteiger partial charge in [-0.05, 0) is 31.7 Å². The van der Waals surface area contributed by atoms with Gasteiger partial charge in [0, 0.05) is 43.1 Å². The summed E-state index contributed by atoms with van der Waals surface area (Å²) in [6.45, 7) is 1.96. The van der Waals surface area contributed by atoms with Gasteiger partial charge in [0.1, 0.15) is 0 Å². The Balaban J connectivity index is 1.64. The van der Waals surface area contributed by atoms with E-state index in [1.54, 1.807) is 12.4 Å². The average Bonchev–Trinajstić information content (AvgIpc) is 2.46. The maximum absolute atomic E-state index is 12.7. The molecule has 1 aromatic heterocycles. The SMILES string of the molecule is CN1CC2CC(C1)N2C(=O)c1ccc2nccnc2c1. The van der Waals surface area contributed by atoms with E-state index in [2.05, 4.69) is 21.9 Å². The van der Waals surface area contributed by atoms with Crippen LogP contribution in [0.2, 0.25) is 0 Å². The van der Waals surface area contributed by atoms with Gasteiger partial charge in [0.15, 0.2) is 0 Å². The van der Waals surface area contributed by atoms with Crippen LogP contribution in [0, 0.1) is 0 Å². The fourth-order valence-corrected chi connectivity index (χ4v) is 3.40. The highest BCUT2D eigenvalue weighted by atomic mass is 16.2. The molecule has 3 saturated heterocycles. The Morgan fingerprint density at radius 1 is 1.15 bits per heavy atom. The largest absolute Gasteiger partial charge is 0.330 e. The van der Waals surface area contributed by atoms with Gasteiger partial charge in [-0.2, -0.15) is 0 Å². The van der Waals surface area contributed by atoms with Crippen molar-refractivity contribution in [1.82, 2.24) is 19.8 Å². The molecule has 102 valence electrons. The number of amides is 1. The minimum Gasteiger partial charge on any atom is -0.330 e. The fraction of sp³-hybridized carbons (Fsp3) is 0.400. The van der Waals surface area contributed by atoms with Crippen molar-refractivity contribution in [3.8, 4) is 0 Å². The molecular formula is C15H16N4O. The molecule has 1 amide bonds. The molecule has 2 atom stereocenters. The zero-order valence-electron chi connectivity index (χ0n) is 11.4. The highest BCUT2D eigenvalue weighted by Crippen LogP contribution is 2.33. The molecule has 0 aliphatic carbocycles. The predicted molar refractivity (Wildman–Crippen MR) is 75.4 cm³/mol. The van der Waals surface area contributed by atoms with Crippen LogP contribution in [-0.4, -0.2) is 57.9 Å². The van der Waals surface area contributed by atoms with E-state index in [0.29, 0.717) is 12.1 Å². The lowest BCUT2D eigenvalue weighted by Crippen LogP contribution is -2.69. The molecule has 5 heteroatoms. The van der Waals surface area contributed by atoms with Crippen molar-refractivity contribution in [1.29, 1.82) is 0 Å². The molecule has 3 aliphatic heterocycles. The molecule has 5 rings (SSSR count). The number of carbonyl (C=O) groups excluding carboxylic acids is 1. The summed E-state index contributed by atoms with van der Waals surface area (Å²) >= 11 is 0. The Morgan fingerprint density at radius 2 is 1.85 bits per heavy atom. The lowest BCUT2D eigenvalue weighted by molar-refractivity contribution is -0.0397. The number of nitrogens with zero attached hydrogens (tertiary/aromatic N) is 4. The first-order chi connectivity index (χ1) is 9.72. The van der Waals surface area contributed by atoms with Crippen LogP contribution in [-0.2, 0) is 0 Å². The summed E-state index contributed by atoms with van der Waals surface area (Å²) in [7, 11) is 2.12. The molecule has 3 aliphatic rings. The second-order valence-corrected chi connectivity index (χ2v) is 5.74. The first kappa shape index (κ1) is 11.8. The Labute approximate surface area is 117 Å². The maximum atomic E-state index is 12.7. The molecule has 20 heavy (non-hydrogen) atoms. The van der Waals surface area contributed by atoms with E-state index in [4.69, 9.17) is 0 Å². The number of piperidine rings is 1. The van der Waals surface area contributed by atoms with E-state index in [9.17, 15) is 4.79 Å². The van der Waals surface area contributed by atoms with Crippen molar-refractivity contribution < 1.29 is 4.79 Å². The molecule has 1 aromatic carbocycles. The molecule has 0 N–H and O–H groups in total. The van der Waals surface area contributed by atoms with E-state index in [1.807, 2.05) is 23.1 Å². The monoisotopic (exact) mass is 268 g/mol. The van der Waals surface area contributed by atoms with Crippen LogP contribution in [0.15, 0.2) is 30.6 Å². The summed E-state index contributed by atoms with van der Waals surface area (Å²) in [6, 6.07) is 6.34.